The minimum Gasteiger partial charge on any atom is -0.264 e. The Morgan fingerprint density at radius 2 is 2.00 bits per heavy atom. The lowest BCUT2D eigenvalue weighted by atomic mass is 9.88. The molecule has 1 aliphatic carbocycles. The number of allylic oxidation sites excluding steroid dienone is 2. The van der Waals surface area contributed by atoms with Crippen molar-refractivity contribution in [1.29, 1.82) is 0 Å². The van der Waals surface area contributed by atoms with Crippen LogP contribution >= 0.6 is 0 Å². The molecule has 0 saturated heterocycles. The molecule has 0 spiro atoms. The van der Waals surface area contributed by atoms with Crippen molar-refractivity contribution in [2.45, 2.75) is 24.2 Å². The van der Waals surface area contributed by atoms with Crippen molar-refractivity contribution in [2.24, 2.45) is 0 Å². The zero-order valence-electron chi connectivity index (χ0n) is 10.5. The third kappa shape index (κ3) is 1.09. The maximum Gasteiger partial charge on any atom is 0.234 e. The van der Waals surface area contributed by atoms with E-state index in [-0.39, 0.29) is 10.8 Å². The van der Waals surface area contributed by atoms with Gasteiger partial charge in [0, 0.05) is 4.92 Å². The number of rotatable bonds is 1. The Bertz CT molecular complexity index is 591. The van der Waals surface area contributed by atoms with Gasteiger partial charge in [0.1, 0.15) is 0 Å². The van der Waals surface area contributed by atoms with Gasteiger partial charge in [-0.05, 0) is 16.8 Å². The molecule has 92 valence electrons. The summed E-state index contributed by atoms with van der Waals surface area (Å²) >= 11 is 0. The zero-order chi connectivity index (χ0) is 13.0. The predicted octanol–water partition coefficient (Wildman–Crippen LogP) is 2.38. The molecule has 0 fully saturated rings. The van der Waals surface area contributed by atoms with Crippen LogP contribution in [0.15, 0.2) is 48.6 Å². The van der Waals surface area contributed by atoms with E-state index in [9.17, 15) is 10.1 Å². The summed E-state index contributed by atoms with van der Waals surface area (Å²) in [6.45, 7) is 4.22. The fraction of sp³-hybridized carbons (Fsp3) is 0.286. The minimum absolute atomic E-state index is 0.0517. The summed E-state index contributed by atoms with van der Waals surface area (Å²) in [6.07, 6.45) is 7.58. The van der Waals surface area contributed by atoms with E-state index in [2.05, 4.69) is 19.2 Å². The summed E-state index contributed by atoms with van der Waals surface area (Å²) in [4.78, 5) is 11.7. The van der Waals surface area contributed by atoms with Gasteiger partial charge in [0.15, 0.2) is 8.07 Å². The highest BCUT2D eigenvalue weighted by atomic mass is 28.3. The SMILES string of the molecule is C[Si]1(C)c2ccccc2C2C=CC=CC21[N+](=O)[O-]. The van der Waals surface area contributed by atoms with Crippen LogP contribution in [0.4, 0.5) is 0 Å². The normalized spacial score (nSPS) is 30.9. The van der Waals surface area contributed by atoms with Crippen molar-refractivity contribution in [1.82, 2.24) is 0 Å². The Morgan fingerprint density at radius 3 is 2.72 bits per heavy atom. The second-order valence-corrected chi connectivity index (χ2v) is 10.1. The van der Waals surface area contributed by atoms with Gasteiger partial charge in [-0.2, -0.15) is 0 Å². The lowest BCUT2D eigenvalue weighted by Gasteiger charge is -2.34. The maximum atomic E-state index is 11.8. The fourth-order valence-electron chi connectivity index (χ4n) is 3.52. The number of hydrogen-bond acceptors (Lipinski definition) is 2. The van der Waals surface area contributed by atoms with Crippen LogP contribution < -0.4 is 5.19 Å². The van der Waals surface area contributed by atoms with Crippen molar-refractivity contribution in [3.05, 3.63) is 64.2 Å². The first kappa shape index (κ1) is 11.4. The molecular weight excluding hydrogens is 242 g/mol. The summed E-state index contributed by atoms with van der Waals surface area (Å²) in [5.74, 6) is -0.102. The maximum absolute atomic E-state index is 11.8. The van der Waals surface area contributed by atoms with Gasteiger partial charge in [-0.15, -0.1) is 0 Å². The second kappa shape index (κ2) is 3.42. The van der Waals surface area contributed by atoms with E-state index in [4.69, 9.17) is 0 Å². The number of nitro groups is 1. The van der Waals surface area contributed by atoms with Crippen LogP contribution in [0.2, 0.25) is 13.1 Å². The molecule has 4 heteroatoms. The molecule has 3 nitrogen and oxygen atoms in total. The topological polar surface area (TPSA) is 43.1 Å². The fourth-order valence-corrected chi connectivity index (χ4v) is 7.42. The van der Waals surface area contributed by atoms with E-state index in [1.807, 2.05) is 42.5 Å². The Kier molecular flexibility index (Phi) is 2.17. The van der Waals surface area contributed by atoms with Crippen LogP contribution in [0.1, 0.15) is 11.5 Å². The van der Waals surface area contributed by atoms with E-state index >= 15 is 0 Å². The van der Waals surface area contributed by atoms with Gasteiger partial charge in [-0.1, -0.05) is 55.6 Å². The molecule has 0 amide bonds. The number of benzene rings is 1. The Balaban J connectivity index is 2.35. The smallest absolute Gasteiger partial charge is 0.234 e. The predicted molar refractivity (Wildman–Crippen MR) is 74.3 cm³/mol. The summed E-state index contributed by atoms with van der Waals surface area (Å²) in [6, 6.07) is 8.09. The van der Waals surface area contributed by atoms with E-state index in [1.54, 1.807) is 0 Å². The summed E-state index contributed by atoms with van der Waals surface area (Å²) in [7, 11) is -2.17. The minimum atomic E-state index is -2.17. The molecular formula is C14H15NO2Si. The second-order valence-electron chi connectivity index (χ2n) is 5.52. The van der Waals surface area contributed by atoms with Gasteiger partial charge in [0.25, 0.3) is 0 Å². The molecule has 0 bridgehead atoms. The molecule has 3 rings (SSSR count). The Morgan fingerprint density at radius 1 is 1.28 bits per heavy atom. The quantitative estimate of drug-likeness (QED) is 0.440. The molecule has 0 N–H and O–H groups in total. The largest absolute Gasteiger partial charge is 0.264 e. The summed E-state index contributed by atoms with van der Waals surface area (Å²) in [5.41, 5.74) is 1.14. The molecule has 2 unspecified atom stereocenters. The van der Waals surface area contributed by atoms with Gasteiger partial charge in [0.2, 0.25) is 5.16 Å². The van der Waals surface area contributed by atoms with E-state index in [1.165, 1.54) is 5.19 Å². The van der Waals surface area contributed by atoms with Gasteiger partial charge in [-0.25, -0.2) is 0 Å². The first-order valence-corrected chi connectivity index (χ1v) is 9.12. The van der Waals surface area contributed by atoms with Gasteiger partial charge in [-0.3, -0.25) is 10.1 Å². The van der Waals surface area contributed by atoms with Crippen LogP contribution in [-0.2, 0) is 0 Å². The van der Waals surface area contributed by atoms with E-state index in [0.717, 1.165) is 5.56 Å². The Hall–Kier alpha value is -1.68. The number of fused-ring (bicyclic) bond motifs is 3. The summed E-state index contributed by atoms with van der Waals surface area (Å²) in [5, 5.41) is 12.1. The summed E-state index contributed by atoms with van der Waals surface area (Å²) < 4.78 is 0. The lowest BCUT2D eigenvalue weighted by molar-refractivity contribution is -0.533. The van der Waals surface area contributed by atoms with Gasteiger partial charge < -0.3 is 0 Å². The first-order chi connectivity index (χ1) is 8.52. The van der Waals surface area contributed by atoms with Crippen LogP contribution in [0, 0.1) is 10.1 Å². The van der Waals surface area contributed by atoms with Gasteiger partial charge in [0.05, 0.1) is 5.92 Å². The third-order valence-corrected chi connectivity index (χ3v) is 8.98. The zero-order valence-corrected chi connectivity index (χ0v) is 11.5. The van der Waals surface area contributed by atoms with Crippen LogP contribution in [-0.4, -0.2) is 18.2 Å². The van der Waals surface area contributed by atoms with Crippen molar-refractivity contribution in [3.63, 3.8) is 0 Å². The highest BCUT2D eigenvalue weighted by Gasteiger charge is 2.67. The molecule has 2 atom stereocenters. The van der Waals surface area contributed by atoms with Crippen molar-refractivity contribution in [2.75, 3.05) is 0 Å². The molecule has 0 radical (unpaired) electrons. The average Bonchev–Trinajstić information content (AvgIpc) is 2.58. The molecule has 1 heterocycles. The highest BCUT2D eigenvalue weighted by molar-refractivity contribution is 6.94. The highest BCUT2D eigenvalue weighted by Crippen LogP contribution is 2.47. The molecule has 1 aromatic carbocycles. The van der Waals surface area contributed by atoms with Crippen LogP contribution in [0.25, 0.3) is 0 Å². The number of nitrogens with zero attached hydrogens (tertiary/aromatic N) is 1. The van der Waals surface area contributed by atoms with Crippen molar-refractivity contribution in [3.8, 4) is 0 Å². The van der Waals surface area contributed by atoms with Crippen molar-refractivity contribution < 1.29 is 4.92 Å². The number of hydrogen-bond donors (Lipinski definition) is 0. The van der Waals surface area contributed by atoms with E-state index < -0.39 is 13.2 Å². The molecule has 1 aliphatic heterocycles. The third-order valence-electron chi connectivity index (χ3n) is 4.51. The Labute approximate surface area is 107 Å². The molecule has 2 aliphatic rings. The average molecular weight is 257 g/mol. The first-order valence-electron chi connectivity index (χ1n) is 6.12. The standard InChI is InChI=1S/C14H15NO2Si/c1-18(2)13-9-4-3-7-11(13)12-8-5-6-10-14(12,18)15(16)17/h3-10,12H,1-2H3. The van der Waals surface area contributed by atoms with Crippen molar-refractivity contribution >= 4 is 13.3 Å². The molecule has 1 aromatic rings. The lowest BCUT2D eigenvalue weighted by Crippen LogP contribution is -2.62. The monoisotopic (exact) mass is 257 g/mol. The molecule has 18 heavy (non-hydrogen) atoms. The molecule has 0 aromatic heterocycles. The molecule has 0 saturated carbocycles. The van der Waals surface area contributed by atoms with E-state index in [0.29, 0.717) is 0 Å². The van der Waals surface area contributed by atoms with Gasteiger partial charge >= 0.3 is 0 Å². The van der Waals surface area contributed by atoms with Crippen LogP contribution in [0.3, 0.4) is 0 Å². The van der Waals surface area contributed by atoms with Crippen LogP contribution in [0.5, 0.6) is 0 Å².